The number of carbonyl (C=O) groups excluding carboxylic acids is 3. The second kappa shape index (κ2) is 6.72. The number of rotatable bonds is 4. The lowest BCUT2D eigenvalue weighted by Crippen LogP contribution is -2.48. The van der Waals surface area contributed by atoms with Gasteiger partial charge in [0.05, 0.1) is 6.61 Å². The number of allylic oxidation sites excluding steroid dienone is 2. The largest absolute Gasteiger partial charge is 0.464 e. The molecule has 1 aliphatic heterocycles. The number of carbonyl (C=O) groups is 3. The zero-order chi connectivity index (χ0) is 16.3. The van der Waals surface area contributed by atoms with E-state index >= 15 is 0 Å². The summed E-state index contributed by atoms with van der Waals surface area (Å²) in [4.78, 5) is 37.6. The molecule has 0 aromatic carbocycles. The molecule has 3 aliphatic rings. The van der Waals surface area contributed by atoms with Gasteiger partial charge in [-0.05, 0) is 38.0 Å². The monoisotopic (exact) mass is 320 g/mol. The molecule has 126 valence electrons. The van der Waals surface area contributed by atoms with Crippen molar-refractivity contribution in [2.45, 2.75) is 56.9 Å². The van der Waals surface area contributed by atoms with Crippen LogP contribution in [0.1, 0.15) is 51.4 Å². The van der Waals surface area contributed by atoms with Crippen molar-refractivity contribution in [1.82, 2.24) is 10.2 Å². The fourth-order valence-corrected chi connectivity index (χ4v) is 3.71. The normalized spacial score (nSPS) is 26.4. The average Bonchev–Trinajstić information content (AvgIpc) is 2.79. The van der Waals surface area contributed by atoms with Crippen molar-refractivity contribution >= 4 is 17.9 Å². The number of ether oxygens (including phenoxy) is 1. The van der Waals surface area contributed by atoms with Crippen molar-refractivity contribution in [1.29, 1.82) is 0 Å². The van der Waals surface area contributed by atoms with Gasteiger partial charge in [0.15, 0.2) is 0 Å². The molecular formula is C17H24N2O4. The molecule has 3 rings (SSSR count). The average molecular weight is 320 g/mol. The van der Waals surface area contributed by atoms with Crippen molar-refractivity contribution in [3.8, 4) is 0 Å². The highest BCUT2D eigenvalue weighted by Gasteiger charge is 2.51. The van der Waals surface area contributed by atoms with Crippen LogP contribution in [0.2, 0.25) is 0 Å². The number of hydrogen-bond donors (Lipinski definition) is 1. The maximum Gasteiger partial charge on any atom is 0.326 e. The molecule has 0 bridgehead atoms. The van der Waals surface area contributed by atoms with Crippen LogP contribution in [-0.2, 0) is 14.3 Å². The van der Waals surface area contributed by atoms with E-state index < -0.39 is 17.5 Å². The molecule has 2 aliphatic carbocycles. The number of esters is 1. The molecule has 1 atom stereocenters. The van der Waals surface area contributed by atoms with Gasteiger partial charge >= 0.3 is 12.0 Å². The van der Waals surface area contributed by atoms with Crippen molar-refractivity contribution in [2.75, 3.05) is 13.2 Å². The number of imide groups is 1. The van der Waals surface area contributed by atoms with Gasteiger partial charge in [0, 0.05) is 0 Å². The van der Waals surface area contributed by atoms with E-state index in [1.54, 1.807) is 0 Å². The highest BCUT2D eigenvalue weighted by molar-refractivity contribution is 6.08. The molecule has 0 radical (unpaired) electrons. The smallest absolute Gasteiger partial charge is 0.326 e. The minimum Gasteiger partial charge on any atom is -0.464 e. The molecule has 2 fully saturated rings. The van der Waals surface area contributed by atoms with E-state index in [0.717, 1.165) is 43.4 Å². The summed E-state index contributed by atoms with van der Waals surface area (Å²) in [5, 5.41) is 2.80. The molecule has 23 heavy (non-hydrogen) atoms. The Labute approximate surface area is 136 Å². The van der Waals surface area contributed by atoms with Gasteiger partial charge in [-0.25, -0.2) is 4.79 Å². The molecule has 0 aromatic rings. The molecule has 6 heteroatoms. The standard InChI is InChI=1S/C17H24N2O4/c20-14(23-12-13-7-3-1-4-8-13)11-19-15(21)17(18-16(19)22)9-5-2-6-10-17/h1,3,13H,2,4-12H2,(H,18,22). The summed E-state index contributed by atoms with van der Waals surface area (Å²) in [6.07, 6.45) is 11.4. The van der Waals surface area contributed by atoms with Crippen LogP contribution in [0.25, 0.3) is 0 Å². The zero-order valence-electron chi connectivity index (χ0n) is 13.4. The fraction of sp³-hybridized carbons (Fsp3) is 0.706. The SMILES string of the molecule is O=C(CN1C(=O)NC2(CCCCC2)C1=O)OCC1CC=CCC1. The van der Waals surface area contributed by atoms with E-state index in [0.29, 0.717) is 25.4 Å². The molecule has 1 saturated carbocycles. The molecule has 1 heterocycles. The number of hydrogen-bond acceptors (Lipinski definition) is 4. The van der Waals surface area contributed by atoms with Crippen LogP contribution in [0.3, 0.4) is 0 Å². The first kappa shape index (κ1) is 16.0. The van der Waals surface area contributed by atoms with E-state index in [1.165, 1.54) is 0 Å². The van der Waals surface area contributed by atoms with Gasteiger partial charge in [0.2, 0.25) is 0 Å². The van der Waals surface area contributed by atoms with Gasteiger partial charge in [0.1, 0.15) is 12.1 Å². The number of nitrogens with zero attached hydrogens (tertiary/aromatic N) is 1. The summed E-state index contributed by atoms with van der Waals surface area (Å²) < 4.78 is 5.27. The first-order chi connectivity index (χ1) is 11.1. The van der Waals surface area contributed by atoms with Gasteiger partial charge in [-0.15, -0.1) is 0 Å². The third kappa shape index (κ3) is 3.41. The zero-order valence-corrected chi connectivity index (χ0v) is 13.4. The molecule has 0 aromatic heterocycles. The Morgan fingerprint density at radius 3 is 2.74 bits per heavy atom. The number of nitrogens with one attached hydrogen (secondary N) is 1. The summed E-state index contributed by atoms with van der Waals surface area (Å²) in [6, 6.07) is -0.463. The van der Waals surface area contributed by atoms with E-state index in [4.69, 9.17) is 4.74 Å². The molecule has 1 spiro atoms. The van der Waals surface area contributed by atoms with Crippen LogP contribution in [-0.4, -0.2) is 41.5 Å². The molecule has 1 unspecified atom stereocenters. The Morgan fingerprint density at radius 2 is 2.04 bits per heavy atom. The van der Waals surface area contributed by atoms with Gasteiger partial charge in [-0.1, -0.05) is 31.4 Å². The number of urea groups is 1. The molecular weight excluding hydrogens is 296 g/mol. The lowest BCUT2D eigenvalue weighted by molar-refractivity contribution is -0.149. The summed E-state index contributed by atoms with van der Waals surface area (Å²) in [7, 11) is 0. The third-order valence-electron chi connectivity index (χ3n) is 5.10. The predicted molar refractivity (Wildman–Crippen MR) is 83.5 cm³/mol. The van der Waals surface area contributed by atoms with Gasteiger partial charge in [-0.3, -0.25) is 14.5 Å². The highest BCUT2D eigenvalue weighted by Crippen LogP contribution is 2.33. The first-order valence-electron chi connectivity index (χ1n) is 8.55. The van der Waals surface area contributed by atoms with Crippen LogP contribution in [0, 0.1) is 5.92 Å². The van der Waals surface area contributed by atoms with E-state index in [2.05, 4.69) is 17.5 Å². The van der Waals surface area contributed by atoms with Crippen LogP contribution in [0.5, 0.6) is 0 Å². The maximum atomic E-state index is 12.6. The summed E-state index contributed by atoms with van der Waals surface area (Å²) in [5.74, 6) is -0.424. The fourth-order valence-electron chi connectivity index (χ4n) is 3.71. The van der Waals surface area contributed by atoms with Crippen molar-refractivity contribution in [2.24, 2.45) is 5.92 Å². The van der Waals surface area contributed by atoms with Gasteiger partial charge in [0.25, 0.3) is 5.91 Å². The van der Waals surface area contributed by atoms with Crippen LogP contribution in [0.4, 0.5) is 4.79 Å². The van der Waals surface area contributed by atoms with Crippen LogP contribution < -0.4 is 5.32 Å². The van der Waals surface area contributed by atoms with Crippen molar-refractivity contribution in [3.63, 3.8) is 0 Å². The molecule has 1 saturated heterocycles. The van der Waals surface area contributed by atoms with Crippen LogP contribution in [0.15, 0.2) is 12.2 Å². The van der Waals surface area contributed by atoms with E-state index in [9.17, 15) is 14.4 Å². The Bertz CT molecular complexity index is 523. The van der Waals surface area contributed by atoms with Gasteiger partial charge < -0.3 is 10.1 Å². The molecule has 3 amide bonds. The first-order valence-corrected chi connectivity index (χ1v) is 8.55. The van der Waals surface area contributed by atoms with Gasteiger partial charge in [-0.2, -0.15) is 0 Å². The third-order valence-corrected chi connectivity index (χ3v) is 5.10. The minimum absolute atomic E-state index is 0.264. The Hall–Kier alpha value is -1.85. The Balaban J connectivity index is 1.52. The number of amides is 3. The maximum absolute atomic E-state index is 12.6. The lowest BCUT2D eigenvalue weighted by atomic mass is 9.82. The van der Waals surface area contributed by atoms with E-state index in [-0.39, 0.29) is 12.5 Å². The lowest BCUT2D eigenvalue weighted by Gasteiger charge is -2.30. The van der Waals surface area contributed by atoms with Crippen molar-refractivity contribution < 1.29 is 19.1 Å². The minimum atomic E-state index is -0.774. The topological polar surface area (TPSA) is 75.7 Å². The van der Waals surface area contributed by atoms with Crippen LogP contribution >= 0.6 is 0 Å². The Kier molecular flexibility index (Phi) is 4.68. The van der Waals surface area contributed by atoms with Crippen molar-refractivity contribution in [3.05, 3.63) is 12.2 Å². The second-order valence-corrected chi connectivity index (χ2v) is 6.80. The Morgan fingerprint density at radius 1 is 1.26 bits per heavy atom. The quantitative estimate of drug-likeness (QED) is 0.489. The second-order valence-electron chi connectivity index (χ2n) is 6.80. The summed E-state index contributed by atoms with van der Waals surface area (Å²) in [5.41, 5.74) is -0.774. The molecule has 1 N–H and O–H groups in total. The molecule has 6 nitrogen and oxygen atoms in total. The summed E-state index contributed by atoms with van der Waals surface area (Å²) in [6.45, 7) is 0.0763. The predicted octanol–water partition coefficient (Wildman–Crippen LogP) is 2.14. The van der Waals surface area contributed by atoms with E-state index in [1.807, 2.05) is 0 Å². The summed E-state index contributed by atoms with van der Waals surface area (Å²) >= 11 is 0. The highest BCUT2D eigenvalue weighted by atomic mass is 16.5.